The summed E-state index contributed by atoms with van der Waals surface area (Å²) in [7, 11) is 1.31. The summed E-state index contributed by atoms with van der Waals surface area (Å²) in [5.41, 5.74) is -0.261. The van der Waals surface area contributed by atoms with Crippen molar-refractivity contribution in [3.8, 4) is 0 Å². The largest absolute Gasteiger partial charge is 0.464 e. The number of ether oxygens (including phenoxy) is 2. The number of rotatable bonds is 3. The summed E-state index contributed by atoms with van der Waals surface area (Å²) in [6, 6.07) is 0.0180. The van der Waals surface area contributed by atoms with Crippen LogP contribution in [0.1, 0.15) is 44.1 Å². The van der Waals surface area contributed by atoms with E-state index in [1.807, 2.05) is 20.8 Å². The summed E-state index contributed by atoms with van der Waals surface area (Å²) in [5, 5.41) is 3.00. The minimum absolute atomic E-state index is 0.0180. The average molecular weight is 348 g/mol. The first-order chi connectivity index (χ1) is 11.7. The van der Waals surface area contributed by atoms with Gasteiger partial charge in [0.15, 0.2) is 5.69 Å². The standard InChI is InChI=1S/C17H24N4O4/c1-16(2,3)25-15(23)20-12-9-21(10-17(12)5-6-17)13-8-18-11(7-19-13)14(22)24-4/h7-8,12H,5-6,9-10H2,1-4H3,(H,20,23)/t12-/m1/s1. The first-order valence-electron chi connectivity index (χ1n) is 8.37. The molecule has 1 aliphatic heterocycles. The summed E-state index contributed by atoms with van der Waals surface area (Å²) in [6.45, 7) is 6.99. The highest BCUT2D eigenvalue weighted by Crippen LogP contribution is 2.53. The highest BCUT2D eigenvalue weighted by atomic mass is 16.6. The molecule has 136 valence electrons. The summed E-state index contributed by atoms with van der Waals surface area (Å²) in [4.78, 5) is 34.0. The number of amides is 1. The number of anilines is 1. The van der Waals surface area contributed by atoms with E-state index in [-0.39, 0.29) is 17.2 Å². The number of aromatic nitrogens is 2. The fraction of sp³-hybridized carbons (Fsp3) is 0.647. The Hall–Kier alpha value is -2.38. The van der Waals surface area contributed by atoms with E-state index in [2.05, 4.69) is 24.9 Å². The second-order valence-corrected chi connectivity index (χ2v) is 7.69. The molecule has 1 aromatic heterocycles. The predicted molar refractivity (Wildman–Crippen MR) is 90.4 cm³/mol. The van der Waals surface area contributed by atoms with Crippen molar-refractivity contribution in [3.63, 3.8) is 0 Å². The van der Waals surface area contributed by atoms with Crippen molar-refractivity contribution in [1.29, 1.82) is 0 Å². The van der Waals surface area contributed by atoms with Crippen LogP contribution in [0.5, 0.6) is 0 Å². The molecule has 0 unspecified atom stereocenters. The SMILES string of the molecule is COC(=O)c1cnc(N2C[C@@H](NC(=O)OC(C)(C)C)C3(CC3)C2)cn1. The van der Waals surface area contributed by atoms with E-state index in [1.165, 1.54) is 13.3 Å². The molecule has 1 aromatic rings. The Morgan fingerprint density at radius 1 is 1.28 bits per heavy atom. The lowest BCUT2D eigenvalue weighted by atomic mass is 10.0. The van der Waals surface area contributed by atoms with Crippen molar-refractivity contribution >= 4 is 17.9 Å². The fourth-order valence-electron chi connectivity index (χ4n) is 3.15. The summed E-state index contributed by atoms with van der Waals surface area (Å²) in [6.07, 6.45) is 4.72. The van der Waals surface area contributed by atoms with E-state index in [1.54, 1.807) is 6.20 Å². The molecule has 0 aromatic carbocycles. The van der Waals surface area contributed by atoms with Crippen LogP contribution in [0.15, 0.2) is 12.4 Å². The fourth-order valence-corrected chi connectivity index (χ4v) is 3.15. The number of nitrogens with zero attached hydrogens (tertiary/aromatic N) is 3. The molecule has 8 nitrogen and oxygen atoms in total. The predicted octanol–water partition coefficient (Wildman–Crippen LogP) is 1.76. The van der Waals surface area contributed by atoms with E-state index in [4.69, 9.17) is 4.74 Å². The molecule has 2 fully saturated rings. The van der Waals surface area contributed by atoms with Crippen molar-refractivity contribution in [1.82, 2.24) is 15.3 Å². The number of carbonyl (C=O) groups excluding carboxylic acids is 2. The number of hydrogen-bond acceptors (Lipinski definition) is 7. The molecule has 0 radical (unpaired) electrons. The van der Waals surface area contributed by atoms with Gasteiger partial charge in [-0.15, -0.1) is 0 Å². The molecule has 3 rings (SSSR count). The first-order valence-corrected chi connectivity index (χ1v) is 8.37. The maximum atomic E-state index is 12.1. The second-order valence-electron chi connectivity index (χ2n) is 7.69. The molecule has 1 spiro atoms. The minimum Gasteiger partial charge on any atom is -0.464 e. The Labute approximate surface area is 146 Å². The van der Waals surface area contributed by atoms with Gasteiger partial charge < -0.3 is 19.7 Å². The van der Waals surface area contributed by atoms with Gasteiger partial charge in [-0.2, -0.15) is 0 Å². The van der Waals surface area contributed by atoms with E-state index in [0.717, 1.165) is 19.4 Å². The molecule has 8 heteroatoms. The van der Waals surface area contributed by atoms with Crippen LogP contribution in [0.3, 0.4) is 0 Å². The third kappa shape index (κ3) is 3.83. The van der Waals surface area contributed by atoms with E-state index < -0.39 is 17.7 Å². The smallest absolute Gasteiger partial charge is 0.407 e. The number of hydrogen-bond donors (Lipinski definition) is 1. The Bertz CT molecular complexity index is 664. The molecule has 1 saturated heterocycles. The minimum atomic E-state index is -0.520. The number of methoxy groups -OCH3 is 1. The molecule has 0 bridgehead atoms. The molecule has 25 heavy (non-hydrogen) atoms. The molecular weight excluding hydrogens is 324 g/mol. The van der Waals surface area contributed by atoms with Gasteiger partial charge in [0.2, 0.25) is 0 Å². The number of esters is 1. The van der Waals surface area contributed by atoms with Gasteiger partial charge in [0, 0.05) is 18.5 Å². The molecule has 1 N–H and O–H groups in total. The van der Waals surface area contributed by atoms with Crippen LogP contribution in [0.2, 0.25) is 0 Å². The Balaban J connectivity index is 1.66. The van der Waals surface area contributed by atoms with Gasteiger partial charge in [-0.1, -0.05) is 0 Å². The number of alkyl carbamates (subject to hydrolysis) is 1. The van der Waals surface area contributed by atoms with Crippen LogP contribution >= 0.6 is 0 Å². The van der Waals surface area contributed by atoms with Crippen LogP contribution in [0.25, 0.3) is 0 Å². The zero-order chi connectivity index (χ0) is 18.2. The maximum Gasteiger partial charge on any atom is 0.407 e. The monoisotopic (exact) mass is 348 g/mol. The highest BCUT2D eigenvalue weighted by Gasteiger charge is 2.56. The molecule has 1 amide bonds. The zero-order valence-electron chi connectivity index (χ0n) is 15.0. The van der Waals surface area contributed by atoms with Gasteiger partial charge >= 0.3 is 12.1 Å². The topological polar surface area (TPSA) is 93.7 Å². The molecule has 1 atom stereocenters. The van der Waals surface area contributed by atoms with Crippen molar-refractivity contribution in [2.75, 3.05) is 25.1 Å². The van der Waals surface area contributed by atoms with Gasteiger partial charge in [0.05, 0.1) is 25.5 Å². The molecule has 2 aliphatic rings. The molecule has 2 heterocycles. The maximum absolute atomic E-state index is 12.1. The van der Waals surface area contributed by atoms with Gasteiger partial charge in [-0.05, 0) is 33.6 Å². The molecule has 1 aliphatic carbocycles. The Morgan fingerprint density at radius 3 is 2.52 bits per heavy atom. The van der Waals surface area contributed by atoms with Crippen molar-refractivity contribution in [3.05, 3.63) is 18.1 Å². The van der Waals surface area contributed by atoms with Crippen molar-refractivity contribution < 1.29 is 19.1 Å². The van der Waals surface area contributed by atoms with Gasteiger partial charge in [-0.25, -0.2) is 19.6 Å². The third-order valence-corrected chi connectivity index (χ3v) is 4.59. The van der Waals surface area contributed by atoms with Crippen LogP contribution in [0.4, 0.5) is 10.6 Å². The lowest BCUT2D eigenvalue weighted by molar-refractivity contribution is 0.0492. The van der Waals surface area contributed by atoms with Crippen LogP contribution in [-0.2, 0) is 9.47 Å². The normalized spacial score (nSPS) is 21.1. The van der Waals surface area contributed by atoms with E-state index in [9.17, 15) is 9.59 Å². The summed E-state index contributed by atoms with van der Waals surface area (Å²) >= 11 is 0. The van der Waals surface area contributed by atoms with Crippen LogP contribution in [0, 0.1) is 5.41 Å². The van der Waals surface area contributed by atoms with Crippen LogP contribution < -0.4 is 10.2 Å². The van der Waals surface area contributed by atoms with Gasteiger partial charge in [0.25, 0.3) is 0 Å². The number of nitrogens with one attached hydrogen (secondary N) is 1. The highest BCUT2D eigenvalue weighted by molar-refractivity contribution is 5.86. The lowest BCUT2D eigenvalue weighted by Gasteiger charge is -2.23. The third-order valence-electron chi connectivity index (χ3n) is 4.59. The number of carbonyl (C=O) groups is 2. The Kier molecular flexibility index (Phi) is 4.30. The first kappa shape index (κ1) is 17.4. The quantitative estimate of drug-likeness (QED) is 0.832. The summed E-state index contributed by atoms with van der Waals surface area (Å²) < 4.78 is 10.00. The van der Waals surface area contributed by atoms with Crippen LogP contribution in [-0.4, -0.2) is 53.9 Å². The molecule has 1 saturated carbocycles. The van der Waals surface area contributed by atoms with Crippen molar-refractivity contribution in [2.45, 2.75) is 45.3 Å². The second kappa shape index (κ2) is 6.16. The van der Waals surface area contributed by atoms with Gasteiger partial charge in [-0.3, -0.25) is 0 Å². The summed E-state index contributed by atoms with van der Waals surface area (Å²) in [5.74, 6) is 0.177. The van der Waals surface area contributed by atoms with Gasteiger partial charge in [0.1, 0.15) is 11.4 Å². The Morgan fingerprint density at radius 2 is 2.00 bits per heavy atom. The van der Waals surface area contributed by atoms with E-state index in [0.29, 0.717) is 12.4 Å². The molecular formula is C17H24N4O4. The zero-order valence-corrected chi connectivity index (χ0v) is 15.0. The average Bonchev–Trinajstić information content (AvgIpc) is 3.23. The lowest BCUT2D eigenvalue weighted by Crippen LogP contribution is -2.44. The van der Waals surface area contributed by atoms with Crippen molar-refractivity contribution in [2.24, 2.45) is 5.41 Å². The van der Waals surface area contributed by atoms with E-state index >= 15 is 0 Å².